The van der Waals surface area contributed by atoms with E-state index in [1.807, 2.05) is 30.3 Å². The number of nitrogens with zero attached hydrogens (tertiary/aromatic N) is 4. The van der Waals surface area contributed by atoms with Crippen LogP contribution in [0.5, 0.6) is 0 Å². The molecule has 0 spiro atoms. The maximum atomic E-state index is 12.1. The van der Waals surface area contributed by atoms with Gasteiger partial charge in [0.1, 0.15) is 0 Å². The van der Waals surface area contributed by atoms with Gasteiger partial charge < -0.3 is 0 Å². The van der Waals surface area contributed by atoms with E-state index in [-0.39, 0.29) is 4.90 Å². The second kappa shape index (κ2) is 6.59. The highest BCUT2D eigenvalue weighted by molar-refractivity contribution is 7.91. The van der Waals surface area contributed by atoms with E-state index in [0.29, 0.717) is 11.3 Å². The summed E-state index contributed by atoms with van der Waals surface area (Å²) < 4.78 is 26.0. The minimum absolute atomic E-state index is 0.267. The predicted molar refractivity (Wildman–Crippen MR) is 105 cm³/mol. The first kappa shape index (κ1) is 17.4. The second-order valence-electron chi connectivity index (χ2n) is 6.33. The smallest absolute Gasteiger partial charge is 0.234 e. The summed E-state index contributed by atoms with van der Waals surface area (Å²) in [6, 6.07) is 11.3. The Labute approximate surface area is 157 Å². The van der Waals surface area contributed by atoms with Crippen molar-refractivity contribution >= 4 is 20.7 Å². The topological polar surface area (TPSA) is 77.7 Å². The summed E-state index contributed by atoms with van der Waals surface area (Å²) in [6.45, 7) is 2.09. The maximum absolute atomic E-state index is 12.1. The standard InChI is InChI=1S/C20H18N4O2S/c1-3-14-8-9-21-17(10-14)15-11-22-20(23-12-15)24-13-19(27(2,25)26)16-6-4-5-7-18(16)24/h4-13H,3H2,1-2H3. The van der Waals surface area contributed by atoms with E-state index in [4.69, 9.17) is 0 Å². The van der Waals surface area contributed by atoms with Crippen LogP contribution in [0.4, 0.5) is 0 Å². The van der Waals surface area contributed by atoms with Gasteiger partial charge in [-0.3, -0.25) is 9.55 Å². The summed E-state index contributed by atoms with van der Waals surface area (Å²) in [4.78, 5) is 13.5. The van der Waals surface area contributed by atoms with Gasteiger partial charge in [0, 0.05) is 42.0 Å². The zero-order valence-electron chi connectivity index (χ0n) is 15.0. The third-order valence-corrected chi connectivity index (χ3v) is 5.58. The third kappa shape index (κ3) is 3.21. The van der Waals surface area contributed by atoms with Gasteiger partial charge in [-0.15, -0.1) is 0 Å². The Balaban J connectivity index is 1.81. The lowest BCUT2D eigenvalue weighted by Gasteiger charge is -2.05. The molecule has 3 aromatic heterocycles. The van der Waals surface area contributed by atoms with Gasteiger partial charge in [-0.25, -0.2) is 18.4 Å². The first-order chi connectivity index (χ1) is 13.0. The van der Waals surface area contributed by atoms with Crippen LogP contribution in [0.3, 0.4) is 0 Å². The molecule has 0 radical (unpaired) electrons. The van der Waals surface area contributed by atoms with Crippen molar-refractivity contribution in [2.24, 2.45) is 0 Å². The minimum atomic E-state index is -3.36. The van der Waals surface area contributed by atoms with Crippen LogP contribution in [-0.4, -0.2) is 34.2 Å². The normalized spacial score (nSPS) is 11.8. The molecule has 0 atom stereocenters. The number of hydrogen-bond acceptors (Lipinski definition) is 5. The molecule has 27 heavy (non-hydrogen) atoms. The Morgan fingerprint density at radius 1 is 1.04 bits per heavy atom. The summed E-state index contributed by atoms with van der Waals surface area (Å²) in [5.41, 5.74) is 3.57. The van der Waals surface area contributed by atoms with Crippen molar-refractivity contribution in [3.63, 3.8) is 0 Å². The van der Waals surface area contributed by atoms with E-state index in [1.54, 1.807) is 35.4 Å². The molecular formula is C20H18N4O2S. The average molecular weight is 378 g/mol. The summed E-state index contributed by atoms with van der Waals surface area (Å²) >= 11 is 0. The quantitative estimate of drug-likeness (QED) is 0.543. The zero-order chi connectivity index (χ0) is 19.0. The lowest BCUT2D eigenvalue weighted by molar-refractivity contribution is 0.602. The van der Waals surface area contributed by atoms with Gasteiger partial charge in [0.25, 0.3) is 0 Å². The fourth-order valence-electron chi connectivity index (χ4n) is 3.04. The van der Waals surface area contributed by atoms with Gasteiger partial charge in [-0.05, 0) is 30.2 Å². The van der Waals surface area contributed by atoms with E-state index in [9.17, 15) is 8.42 Å². The molecule has 0 aliphatic carbocycles. The molecule has 0 bridgehead atoms. The highest BCUT2D eigenvalue weighted by Gasteiger charge is 2.18. The van der Waals surface area contributed by atoms with Crippen LogP contribution in [0.25, 0.3) is 28.1 Å². The Hall–Kier alpha value is -3.06. The molecule has 136 valence electrons. The summed E-state index contributed by atoms with van der Waals surface area (Å²) in [6.07, 6.45) is 8.90. The van der Waals surface area contributed by atoms with E-state index in [0.717, 1.165) is 23.2 Å². The number of rotatable bonds is 4. The number of sulfone groups is 1. The van der Waals surface area contributed by atoms with Crippen LogP contribution in [0, 0.1) is 0 Å². The van der Waals surface area contributed by atoms with Crippen LogP contribution in [-0.2, 0) is 16.3 Å². The Morgan fingerprint density at radius 3 is 2.48 bits per heavy atom. The van der Waals surface area contributed by atoms with Crippen molar-refractivity contribution in [2.75, 3.05) is 6.26 Å². The molecule has 7 heteroatoms. The molecule has 3 heterocycles. The number of aryl methyl sites for hydroxylation is 1. The van der Waals surface area contributed by atoms with E-state index >= 15 is 0 Å². The summed E-state index contributed by atoms with van der Waals surface area (Å²) in [7, 11) is -3.36. The second-order valence-corrected chi connectivity index (χ2v) is 8.31. The van der Waals surface area contributed by atoms with E-state index in [1.165, 1.54) is 11.8 Å². The Bertz CT molecular complexity index is 1230. The monoisotopic (exact) mass is 378 g/mol. The van der Waals surface area contributed by atoms with Crippen LogP contribution in [0.1, 0.15) is 12.5 Å². The molecule has 4 aromatic rings. The summed E-state index contributed by atoms with van der Waals surface area (Å²) in [5, 5.41) is 0.657. The van der Waals surface area contributed by atoms with Crippen molar-refractivity contribution in [1.82, 2.24) is 19.5 Å². The van der Waals surface area contributed by atoms with Crippen LogP contribution >= 0.6 is 0 Å². The minimum Gasteiger partial charge on any atom is -0.284 e. The first-order valence-corrected chi connectivity index (χ1v) is 10.4. The number of aromatic nitrogens is 4. The van der Waals surface area contributed by atoms with Crippen molar-refractivity contribution in [1.29, 1.82) is 0 Å². The molecular weight excluding hydrogens is 360 g/mol. The van der Waals surface area contributed by atoms with Gasteiger partial charge in [0.2, 0.25) is 5.95 Å². The number of pyridine rings is 1. The van der Waals surface area contributed by atoms with Crippen molar-refractivity contribution in [2.45, 2.75) is 18.2 Å². The molecule has 0 saturated carbocycles. The fraction of sp³-hybridized carbons (Fsp3) is 0.150. The van der Waals surface area contributed by atoms with E-state index in [2.05, 4.69) is 21.9 Å². The fourth-order valence-corrected chi connectivity index (χ4v) is 3.91. The van der Waals surface area contributed by atoms with Crippen LogP contribution in [0.15, 0.2) is 66.1 Å². The molecule has 1 aromatic carbocycles. The van der Waals surface area contributed by atoms with Gasteiger partial charge in [-0.2, -0.15) is 0 Å². The number of fused-ring (bicyclic) bond motifs is 1. The van der Waals surface area contributed by atoms with Gasteiger partial charge >= 0.3 is 0 Å². The molecule has 4 rings (SSSR count). The maximum Gasteiger partial charge on any atom is 0.234 e. The van der Waals surface area contributed by atoms with Gasteiger partial charge in [0.05, 0.1) is 16.1 Å². The molecule has 0 fully saturated rings. The lowest BCUT2D eigenvalue weighted by atomic mass is 10.1. The highest BCUT2D eigenvalue weighted by atomic mass is 32.2. The van der Waals surface area contributed by atoms with Crippen molar-refractivity contribution in [3.8, 4) is 17.2 Å². The Kier molecular flexibility index (Phi) is 4.24. The van der Waals surface area contributed by atoms with Crippen LogP contribution in [0.2, 0.25) is 0 Å². The average Bonchev–Trinajstić information content (AvgIpc) is 3.08. The predicted octanol–water partition coefficient (Wildman–Crippen LogP) is 3.45. The van der Waals surface area contributed by atoms with Gasteiger partial charge in [-0.1, -0.05) is 25.1 Å². The number of benzene rings is 1. The highest BCUT2D eigenvalue weighted by Crippen LogP contribution is 2.27. The lowest BCUT2D eigenvalue weighted by Crippen LogP contribution is -2.00. The molecule has 0 saturated heterocycles. The molecule has 0 aliphatic rings. The van der Waals surface area contributed by atoms with Crippen molar-refractivity contribution in [3.05, 3.63) is 66.7 Å². The molecule has 6 nitrogen and oxygen atoms in total. The third-order valence-electron chi connectivity index (χ3n) is 4.46. The number of hydrogen-bond donors (Lipinski definition) is 0. The molecule has 0 aliphatic heterocycles. The Morgan fingerprint density at radius 2 is 1.78 bits per heavy atom. The SMILES string of the molecule is CCc1ccnc(-c2cnc(-n3cc(S(C)(=O)=O)c4ccccc43)nc2)c1. The zero-order valence-corrected chi connectivity index (χ0v) is 15.8. The van der Waals surface area contributed by atoms with E-state index < -0.39 is 9.84 Å². The largest absolute Gasteiger partial charge is 0.284 e. The number of para-hydroxylation sites is 1. The first-order valence-electron chi connectivity index (χ1n) is 8.55. The summed E-state index contributed by atoms with van der Waals surface area (Å²) in [5.74, 6) is 0.413. The molecule has 0 N–H and O–H groups in total. The molecule has 0 unspecified atom stereocenters. The van der Waals surface area contributed by atoms with Gasteiger partial charge in [0.15, 0.2) is 9.84 Å². The van der Waals surface area contributed by atoms with Crippen molar-refractivity contribution < 1.29 is 8.42 Å². The van der Waals surface area contributed by atoms with Crippen LogP contribution < -0.4 is 0 Å². The molecule has 0 amide bonds.